The second-order valence-corrected chi connectivity index (χ2v) is 11.8. The molecule has 0 amide bonds. The van der Waals surface area contributed by atoms with Crippen molar-refractivity contribution in [3.8, 4) is 0 Å². The molecule has 1 aromatic heterocycles. The van der Waals surface area contributed by atoms with Gasteiger partial charge in [-0.25, -0.2) is 12.8 Å². The highest BCUT2D eigenvalue weighted by Gasteiger charge is 2.27. The highest BCUT2D eigenvalue weighted by atomic mass is 32.2. The number of aromatic nitrogens is 1. The van der Waals surface area contributed by atoms with Crippen LogP contribution in [0.5, 0.6) is 0 Å². The van der Waals surface area contributed by atoms with Gasteiger partial charge in [-0.3, -0.25) is 4.79 Å². The molecule has 3 aromatic rings. The van der Waals surface area contributed by atoms with Gasteiger partial charge in [-0.2, -0.15) is 0 Å². The summed E-state index contributed by atoms with van der Waals surface area (Å²) in [7, 11) is -4.05. The molecule has 2 atom stereocenters. The maximum Gasteiger partial charge on any atom is 0.211 e. The molecule has 182 valence electrons. The number of aryl methyl sites for hydroxylation is 2. The van der Waals surface area contributed by atoms with Crippen molar-refractivity contribution in [2.75, 3.05) is 18.0 Å². The number of benzene rings is 2. The van der Waals surface area contributed by atoms with Crippen LogP contribution in [0.3, 0.4) is 0 Å². The summed E-state index contributed by atoms with van der Waals surface area (Å²) in [5.41, 5.74) is 1.32. The normalized spacial score (nSPS) is 19.0. The number of rotatable bonds is 6. The Morgan fingerprint density at radius 1 is 1.06 bits per heavy atom. The molecule has 1 aliphatic rings. The lowest BCUT2D eigenvalue weighted by molar-refractivity contribution is 0.354. The van der Waals surface area contributed by atoms with Crippen LogP contribution in [0, 0.1) is 24.6 Å². The van der Waals surface area contributed by atoms with Crippen LogP contribution in [0.2, 0.25) is 0 Å². The van der Waals surface area contributed by atoms with Gasteiger partial charge in [-0.1, -0.05) is 44.9 Å². The molecular formula is C27H33FN2O3S. The fraction of sp³-hybridized carbons (Fsp3) is 0.444. The van der Waals surface area contributed by atoms with Crippen LogP contribution < -0.4 is 10.3 Å². The Bertz CT molecular complexity index is 1350. The number of nitrogens with zero attached hydrogens (tertiary/aromatic N) is 2. The van der Waals surface area contributed by atoms with Gasteiger partial charge in [0.05, 0.1) is 21.5 Å². The minimum Gasteiger partial charge on any atom is -0.369 e. The first-order chi connectivity index (χ1) is 16.1. The van der Waals surface area contributed by atoms with Gasteiger partial charge in [0.15, 0.2) is 0 Å². The van der Waals surface area contributed by atoms with Gasteiger partial charge in [0, 0.05) is 25.8 Å². The van der Waals surface area contributed by atoms with Crippen LogP contribution in [0.4, 0.5) is 10.1 Å². The topological polar surface area (TPSA) is 59.4 Å². The average Bonchev–Trinajstić information content (AvgIpc) is 2.78. The van der Waals surface area contributed by atoms with E-state index in [1.807, 2.05) is 6.92 Å². The predicted molar refractivity (Wildman–Crippen MR) is 135 cm³/mol. The average molecular weight is 485 g/mol. The molecule has 1 fully saturated rings. The van der Waals surface area contributed by atoms with Gasteiger partial charge in [0.2, 0.25) is 15.3 Å². The number of halogens is 1. The van der Waals surface area contributed by atoms with Crippen molar-refractivity contribution < 1.29 is 12.8 Å². The fourth-order valence-electron chi connectivity index (χ4n) is 5.02. The molecule has 0 spiro atoms. The number of pyridine rings is 1. The molecule has 1 saturated heterocycles. The molecule has 4 rings (SSSR count). The standard InChI is InChI=1S/C27H33FN2O3S/c1-5-6-11-29-17-26(34(32,33)21-9-7-18(2)8-10-21)27(31)22-13-23(28)25(14-24(22)29)30-15-19(3)12-20(4)16-30/h7-10,13-14,17,19-20H,5-6,11-12,15-16H2,1-4H3. The number of sulfone groups is 1. The SMILES string of the molecule is CCCCn1cc(S(=O)(=O)c2ccc(C)cc2)c(=O)c2cc(F)c(N3CC(C)CC(C)C3)cc21. The van der Waals surface area contributed by atoms with Crippen molar-refractivity contribution >= 4 is 26.4 Å². The quantitative estimate of drug-likeness (QED) is 0.459. The number of anilines is 1. The lowest BCUT2D eigenvalue weighted by atomic mass is 9.91. The molecule has 2 aromatic carbocycles. The maximum absolute atomic E-state index is 15.4. The first kappa shape index (κ1) is 24.5. The third-order valence-corrected chi connectivity index (χ3v) is 8.46. The van der Waals surface area contributed by atoms with E-state index in [9.17, 15) is 13.2 Å². The number of fused-ring (bicyclic) bond motifs is 1. The van der Waals surface area contributed by atoms with E-state index < -0.39 is 21.1 Å². The van der Waals surface area contributed by atoms with Crippen LogP contribution in [-0.4, -0.2) is 26.1 Å². The largest absolute Gasteiger partial charge is 0.369 e. The van der Waals surface area contributed by atoms with Gasteiger partial charge in [-0.15, -0.1) is 0 Å². The first-order valence-electron chi connectivity index (χ1n) is 12.0. The van der Waals surface area contributed by atoms with E-state index >= 15 is 4.39 Å². The molecule has 0 aliphatic carbocycles. The van der Waals surface area contributed by atoms with Crippen molar-refractivity contribution in [2.24, 2.45) is 11.8 Å². The molecular weight excluding hydrogens is 451 g/mol. The minimum absolute atomic E-state index is 0.0602. The van der Waals surface area contributed by atoms with Crippen LogP contribution >= 0.6 is 0 Å². The Kier molecular flexibility index (Phi) is 6.85. The van der Waals surface area contributed by atoms with Crippen LogP contribution in [0.15, 0.2) is 57.2 Å². The summed E-state index contributed by atoms with van der Waals surface area (Å²) in [5, 5.41) is 0.101. The third kappa shape index (κ3) is 4.63. The molecule has 7 heteroatoms. The molecule has 0 saturated carbocycles. The summed E-state index contributed by atoms with van der Waals surface area (Å²) in [4.78, 5) is 15.2. The second-order valence-electron chi connectivity index (χ2n) is 9.86. The number of hydrogen-bond acceptors (Lipinski definition) is 4. The zero-order chi connectivity index (χ0) is 24.6. The minimum atomic E-state index is -4.05. The van der Waals surface area contributed by atoms with Gasteiger partial charge in [0.1, 0.15) is 10.7 Å². The molecule has 0 radical (unpaired) electrons. The van der Waals surface area contributed by atoms with E-state index in [0.29, 0.717) is 29.6 Å². The molecule has 2 unspecified atom stereocenters. The van der Waals surface area contributed by atoms with Crippen LogP contribution in [0.25, 0.3) is 10.9 Å². The number of piperidine rings is 1. The Labute approximate surface area is 201 Å². The highest BCUT2D eigenvalue weighted by molar-refractivity contribution is 7.91. The summed E-state index contributed by atoms with van der Waals surface area (Å²) in [6, 6.07) is 9.38. The lowest BCUT2D eigenvalue weighted by Crippen LogP contribution is -2.39. The molecule has 2 heterocycles. The third-order valence-electron chi connectivity index (χ3n) is 6.70. The molecule has 1 aliphatic heterocycles. The molecule has 34 heavy (non-hydrogen) atoms. The molecule has 5 nitrogen and oxygen atoms in total. The monoisotopic (exact) mass is 484 g/mol. The predicted octanol–water partition coefficient (Wildman–Crippen LogP) is 5.56. The summed E-state index contributed by atoms with van der Waals surface area (Å²) < 4.78 is 44.0. The van der Waals surface area contributed by atoms with Crippen molar-refractivity contribution in [3.63, 3.8) is 0 Å². The van der Waals surface area contributed by atoms with Crippen molar-refractivity contribution in [3.05, 3.63) is 64.2 Å². The smallest absolute Gasteiger partial charge is 0.211 e. The second kappa shape index (κ2) is 9.53. The van der Waals surface area contributed by atoms with Gasteiger partial charge < -0.3 is 9.47 Å². The van der Waals surface area contributed by atoms with Crippen molar-refractivity contribution in [2.45, 2.75) is 63.3 Å². The van der Waals surface area contributed by atoms with Crippen molar-refractivity contribution in [1.29, 1.82) is 0 Å². The fourth-order valence-corrected chi connectivity index (χ4v) is 6.39. The van der Waals surface area contributed by atoms with E-state index in [0.717, 1.165) is 37.9 Å². The van der Waals surface area contributed by atoms with Crippen LogP contribution in [-0.2, 0) is 16.4 Å². The van der Waals surface area contributed by atoms with Gasteiger partial charge in [0.25, 0.3) is 0 Å². The zero-order valence-corrected chi connectivity index (χ0v) is 21.2. The lowest BCUT2D eigenvalue weighted by Gasteiger charge is -2.37. The molecule has 0 N–H and O–H groups in total. The summed E-state index contributed by atoms with van der Waals surface area (Å²) >= 11 is 0. The first-order valence-corrected chi connectivity index (χ1v) is 13.5. The van der Waals surface area contributed by atoms with Crippen molar-refractivity contribution in [1.82, 2.24) is 4.57 Å². The maximum atomic E-state index is 15.4. The van der Waals surface area contributed by atoms with Gasteiger partial charge in [-0.05, 0) is 55.9 Å². The van der Waals surface area contributed by atoms with E-state index in [4.69, 9.17) is 0 Å². The summed E-state index contributed by atoms with van der Waals surface area (Å²) in [6.07, 6.45) is 4.27. The Morgan fingerprint density at radius 3 is 2.32 bits per heavy atom. The van der Waals surface area contributed by atoms with E-state index in [1.165, 1.54) is 24.4 Å². The number of hydrogen-bond donors (Lipinski definition) is 0. The summed E-state index contributed by atoms with van der Waals surface area (Å²) in [5.74, 6) is 0.407. The van der Waals surface area contributed by atoms with Gasteiger partial charge >= 0.3 is 0 Å². The van der Waals surface area contributed by atoms with E-state index in [2.05, 4.69) is 25.7 Å². The Morgan fingerprint density at radius 2 is 1.71 bits per heavy atom. The van der Waals surface area contributed by atoms with E-state index in [1.54, 1.807) is 22.8 Å². The van der Waals surface area contributed by atoms with E-state index in [-0.39, 0.29) is 15.2 Å². The highest BCUT2D eigenvalue weighted by Crippen LogP contribution is 2.31. The Balaban J connectivity index is 1.91. The van der Waals surface area contributed by atoms with Crippen LogP contribution in [0.1, 0.15) is 45.6 Å². The zero-order valence-electron chi connectivity index (χ0n) is 20.3. The molecule has 0 bridgehead atoms. The Hall–Kier alpha value is -2.67. The number of unbranched alkanes of at least 4 members (excludes halogenated alkanes) is 1. The summed E-state index contributed by atoms with van der Waals surface area (Å²) in [6.45, 7) is 10.3.